The molecule has 7 heteroatoms. The highest BCUT2D eigenvalue weighted by Gasteiger charge is 2.24. The number of hydrogen-bond acceptors (Lipinski definition) is 3. The maximum atomic E-state index is 12.1. The monoisotopic (exact) mass is 371 g/mol. The average molecular weight is 371 g/mol. The van der Waals surface area contributed by atoms with Crippen LogP contribution in [0.25, 0.3) is 0 Å². The molecule has 98 valence electrons. The molecule has 1 aromatic rings. The first kappa shape index (κ1) is 14.9. The molecule has 1 heterocycles. The van der Waals surface area contributed by atoms with Crippen molar-refractivity contribution < 1.29 is 8.42 Å². The van der Waals surface area contributed by atoms with Gasteiger partial charge in [-0.05, 0) is 12.8 Å². The Morgan fingerprint density at radius 3 is 2.47 bits per heavy atom. The van der Waals surface area contributed by atoms with Crippen LogP contribution < -0.4 is 4.72 Å². The number of sulfonamides is 1. The number of alkyl halides is 1. The summed E-state index contributed by atoms with van der Waals surface area (Å²) in [6.07, 6.45) is 1.53. The van der Waals surface area contributed by atoms with Crippen LogP contribution in [0, 0.1) is 12.8 Å². The molecule has 0 aromatic carbocycles. The lowest BCUT2D eigenvalue weighted by atomic mass is 10.1. The number of nitrogens with one attached hydrogen (secondary N) is 1. The quantitative estimate of drug-likeness (QED) is 0.630. The molecule has 1 rings (SSSR count). The molecule has 0 aliphatic carbocycles. The molecule has 0 saturated carbocycles. The van der Waals surface area contributed by atoms with Crippen LogP contribution in [-0.4, -0.2) is 28.4 Å². The lowest BCUT2D eigenvalue weighted by Crippen LogP contribution is -2.39. The first-order valence-corrected chi connectivity index (χ1v) is 8.37. The SMILES string of the molecule is Cc1nc(S(=O)(=O)NC(CI)C(C)C)cn1C. The van der Waals surface area contributed by atoms with Crippen molar-refractivity contribution in [2.24, 2.45) is 13.0 Å². The third-order valence-electron chi connectivity index (χ3n) is 2.64. The molecule has 1 aromatic heterocycles. The van der Waals surface area contributed by atoms with E-state index in [1.807, 2.05) is 13.8 Å². The van der Waals surface area contributed by atoms with Crippen molar-refractivity contribution in [3.63, 3.8) is 0 Å². The maximum Gasteiger partial charge on any atom is 0.259 e. The van der Waals surface area contributed by atoms with Crippen molar-refractivity contribution >= 4 is 32.6 Å². The number of aromatic nitrogens is 2. The van der Waals surface area contributed by atoms with Crippen LogP contribution in [0.5, 0.6) is 0 Å². The predicted molar refractivity (Wildman–Crippen MR) is 75.8 cm³/mol. The summed E-state index contributed by atoms with van der Waals surface area (Å²) in [5.74, 6) is 0.937. The Hall–Kier alpha value is -0.150. The normalized spacial score (nSPS) is 14.2. The van der Waals surface area contributed by atoms with E-state index in [0.29, 0.717) is 5.82 Å². The van der Waals surface area contributed by atoms with Gasteiger partial charge in [-0.15, -0.1) is 0 Å². The summed E-state index contributed by atoms with van der Waals surface area (Å²) in [7, 11) is -1.73. The molecule has 0 aliphatic rings. The van der Waals surface area contributed by atoms with Crippen molar-refractivity contribution in [3.8, 4) is 0 Å². The molecule has 0 spiro atoms. The van der Waals surface area contributed by atoms with Gasteiger partial charge in [0.1, 0.15) is 5.82 Å². The van der Waals surface area contributed by atoms with Gasteiger partial charge >= 0.3 is 0 Å². The second-order valence-corrected chi connectivity index (χ2v) is 6.91. The zero-order valence-electron chi connectivity index (χ0n) is 10.4. The summed E-state index contributed by atoms with van der Waals surface area (Å²) < 4.78 is 29.3. The van der Waals surface area contributed by atoms with E-state index in [2.05, 4.69) is 32.3 Å². The minimum Gasteiger partial charge on any atom is -0.337 e. The molecule has 0 radical (unpaired) electrons. The Balaban J connectivity index is 2.96. The van der Waals surface area contributed by atoms with Gasteiger partial charge < -0.3 is 4.57 Å². The number of aryl methyl sites for hydroxylation is 2. The fourth-order valence-corrected chi connectivity index (χ4v) is 4.22. The average Bonchev–Trinajstić information content (AvgIpc) is 2.56. The Labute approximate surface area is 116 Å². The van der Waals surface area contributed by atoms with Crippen molar-refractivity contribution in [1.29, 1.82) is 0 Å². The smallest absolute Gasteiger partial charge is 0.259 e. The molecule has 0 fully saturated rings. The lowest BCUT2D eigenvalue weighted by Gasteiger charge is -2.18. The number of nitrogens with zero attached hydrogens (tertiary/aromatic N) is 2. The summed E-state index contributed by atoms with van der Waals surface area (Å²) in [5, 5.41) is 0.0907. The molecule has 17 heavy (non-hydrogen) atoms. The van der Waals surface area contributed by atoms with Crippen LogP contribution in [0.15, 0.2) is 11.2 Å². The third kappa shape index (κ3) is 3.65. The molecular weight excluding hydrogens is 353 g/mol. The first-order chi connectivity index (χ1) is 7.77. The van der Waals surface area contributed by atoms with Crippen LogP contribution in [0.2, 0.25) is 0 Å². The van der Waals surface area contributed by atoms with E-state index in [4.69, 9.17) is 0 Å². The Bertz CT molecular complexity index is 462. The molecule has 1 N–H and O–H groups in total. The second-order valence-electron chi connectivity index (χ2n) is 4.36. The number of halogens is 1. The van der Waals surface area contributed by atoms with Gasteiger partial charge in [0.15, 0.2) is 5.03 Å². The summed E-state index contributed by atoms with van der Waals surface area (Å²) in [6, 6.07) is -0.0667. The van der Waals surface area contributed by atoms with Crippen molar-refractivity contribution in [2.75, 3.05) is 4.43 Å². The van der Waals surface area contributed by atoms with Gasteiger partial charge in [-0.2, -0.15) is 0 Å². The maximum absolute atomic E-state index is 12.1. The van der Waals surface area contributed by atoms with Gasteiger partial charge in [0.05, 0.1) is 0 Å². The third-order valence-corrected chi connectivity index (χ3v) is 4.95. The van der Waals surface area contributed by atoms with Gasteiger partial charge in [0.25, 0.3) is 10.0 Å². The fraction of sp³-hybridized carbons (Fsp3) is 0.700. The van der Waals surface area contributed by atoms with E-state index >= 15 is 0 Å². The van der Waals surface area contributed by atoms with Gasteiger partial charge in [0.2, 0.25) is 0 Å². The van der Waals surface area contributed by atoms with E-state index in [1.165, 1.54) is 6.20 Å². The molecular formula is C10H18IN3O2S. The van der Waals surface area contributed by atoms with E-state index in [1.54, 1.807) is 18.5 Å². The van der Waals surface area contributed by atoms with Crippen LogP contribution in [-0.2, 0) is 17.1 Å². The van der Waals surface area contributed by atoms with Crippen molar-refractivity contribution in [2.45, 2.75) is 31.8 Å². The highest BCUT2D eigenvalue weighted by Crippen LogP contribution is 2.12. The highest BCUT2D eigenvalue weighted by molar-refractivity contribution is 14.1. The standard InChI is InChI=1S/C10H18IN3O2S/c1-7(2)9(5-11)13-17(15,16)10-6-14(4)8(3)12-10/h6-7,9,13H,5H2,1-4H3. The second kappa shape index (κ2) is 5.66. The molecule has 0 aliphatic heterocycles. The predicted octanol–water partition coefficient (Wildman–Crippen LogP) is 1.47. The summed E-state index contributed by atoms with van der Waals surface area (Å²) >= 11 is 2.18. The number of imidazole rings is 1. The minimum atomic E-state index is -3.51. The number of hydrogen-bond donors (Lipinski definition) is 1. The topological polar surface area (TPSA) is 64.0 Å². The van der Waals surface area contributed by atoms with Crippen LogP contribution in [0.3, 0.4) is 0 Å². The molecule has 0 saturated heterocycles. The van der Waals surface area contributed by atoms with Gasteiger partial charge in [-0.3, -0.25) is 0 Å². The lowest BCUT2D eigenvalue weighted by molar-refractivity contribution is 0.485. The molecule has 1 atom stereocenters. The largest absolute Gasteiger partial charge is 0.337 e. The molecule has 5 nitrogen and oxygen atoms in total. The van der Waals surface area contributed by atoms with Gasteiger partial charge in [0, 0.05) is 23.7 Å². The highest BCUT2D eigenvalue weighted by atomic mass is 127. The van der Waals surface area contributed by atoms with E-state index < -0.39 is 10.0 Å². The van der Waals surface area contributed by atoms with Gasteiger partial charge in [-0.25, -0.2) is 18.1 Å². The van der Waals surface area contributed by atoms with E-state index in [-0.39, 0.29) is 17.0 Å². The van der Waals surface area contributed by atoms with Crippen molar-refractivity contribution in [3.05, 3.63) is 12.0 Å². The number of rotatable bonds is 5. The zero-order chi connectivity index (χ0) is 13.2. The molecule has 0 amide bonds. The summed E-state index contributed by atoms with van der Waals surface area (Å²) in [5.41, 5.74) is 0. The van der Waals surface area contributed by atoms with Crippen LogP contribution >= 0.6 is 22.6 Å². The Morgan fingerprint density at radius 2 is 2.12 bits per heavy atom. The Morgan fingerprint density at radius 1 is 1.53 bits per heavy atom. The van der Waals surface area contributed by atoms with Crippen LogP contribution in [0.4, 0.5) is 0 Å². The summed E-state index contributed by atoms with van der Waals surface area (Å²) in [6.45, 7) is 5.77. The van der Waals surface area contributed by atoms with Crippen molar-refractivity contribution in [1.82, 2.24) is 14.3 Å². The first-order valence-electron chi connectivity index (χ1n) is 5.36. The Kier molecular flexibility index (Phi) is 4.96. The van der Waals surface area contributed by atoms with E-state index in [9.17, 15) is 8.42 Å². The molecule has 0 bridgehead atoms. The fourth-order valence-electron chi connectivity index (χ4n) is 1.26. The zero-order valence-corrected chi connectivity index (χ0v) is 13.4. The minimum absolute atomic E-state index is 0.0667. The summed E-state index contributed by atoms with van der Waals surface area (Å²) in [4.78, 5) is 4.04. The van der Waals surface area contributed by atoms with Crippen LogP contribution in [0.1, 0.15) is 19.7 Å². The van der Waals surface area contributed by atoms with E-state index in [0.717, 1.165) is 4.43 Å². The molecule has 1 unspecified atom stereocenters. The van der Waals surface area contributed by atoms with Gasteiger partial charge in [-0.1, -0.05) is 36.4 Å².